The number of allylic oxidation sites excluding steroid dienone is 1. The smallest absolute Gasteiger partial charge is 0.226 e. The van der Waals surface area contributed by atoms with E-state index in [0.717, 1.165) is 16.8 Å². The summed E-state index contributed by atoms with van der Waals surface area (Å²) in [6, 6.07) is 14.2. The molecule has 0 unspecified atom stereocenters. The number of anilines is 1. The van der Waals surface area contributed by atoms with E-state index in [1.54, 1.807) is 20.5 Å². The zero-order valence-electron chi connectivity index (χ0n) is 14.9. The predicted octanol–water partition coefficient (Wildman–Crippen LogP) is 3.66. The first-order valence-electron chi connectivity index (χ1n) is 8.37. The highest BCUT2D eigenvalue weighted by Crippen LogP contribution is 2.36. The number of nitrogens with zero attached hydrogens (tertiary/aromatic N) is 3. The van der Waals surface area contributed by atoms with Crippen molar-refractivity contribution in [3.05, 3.63) is 71.6 Å². The van der Waals surface area contributed by atoms with Crippen molar-refractivity contribution < 1.29 is 9.47 Å². The summed E-state index contributed by atoms with van der Waals surface area (Å²) >= 11 is 0. The van der Waals surface area contributed by atoms with Crippen molar-refractivity contribution in [1.29, 1.82) is 0 Å². The number of nitrogens with one attached hydrogen (secondary N) is 1. The number of benzene rings is 2. The minimum atomic E-state index is -0.0927. The first kappa shape index (κ1) is 16.2. The lowest BCUT2D eigenvalue weighted by Gasteiger charge is -2.25. The van der Waals surface area contributed by atoms with Crippen molar-refractivity contribution in [1.82, 2.24) is 14.8 Å². The molecule has 2 aromatic carbocycles. The van der Waals surface area contributed by atoms with Crippen LogP contribution in [0.4, 0.5) is 5.95 Å². The van der Waals surface area contributed by atoms with Crippen molar-refractivity contribution in [2.75, 3.05) is 19.5 Å². The van der Waals surface area contributed by atoms with Crippen molar-refractivity contribution >= 4 is 11.6 Å². The normalized spacial score (nSPS) is 15.7. The van der Waals surface area contributed by atoms with Crippen molar-refractivity contribution in [3.63, 3.8) is 0 Å². The van der Waals surface area contributed by atoms with Crippen LogP contribution < -0.4 is 14.8 Å². The van der Waals surface area contributed by atoms with E-state index in [0.29, 0.717) is 17.4 Å². The van der Waals surface area contributed by atoms with Gasteiger partial charge in [-0.25, -0.2) is 4.68 Å². The quantitative estimate of drug-likeness (QED) is 0.780. The van der Waals surface area contributed by atoms with Gasteiger partial charge in [-0.05, 0) is 36.3 Å². The van der Waals surface area contributed by atoms with Crippen LogP contribution in [0.5, 0.6) is 11.5 Å². The van der Waals surface area contributed by atoms with Crippen molar-refractivity contribution in [3.8, 4) is 11.5 Å². The molecule has 1 atom stereocenters. The number of fused-ring (bicyclic) bond motifs is 1. The molecule has 1 aliphatic heterocycles. The molecule has 0 bridgehead atoms. The molecule has 0 aliphatic carbocycles. The van der Waals surface area contributed by atoms with E-state index in [-0.39, 0.29) is 6.04 Å². The Balaban J connectivity index is 1.80. The van der Waals surface area contributed by atoms with Gasteiger partial charge in [-0.15, -0.1) is 0 Å². The summed E-state index contributed by atoms with van der Waals surface area (Å²) in [6.07, 6.45) is 3.70. The second-order valence-corrected chi connectivity index (χ2v) is 6.16. The van der Waals surface area contributed by atoms with Gasteiger partial charge in [-0.1, -0.05) is 35.9 Å². The van der Waals surface area contributed by atoms with Crippen LogP contribution in [0.25, 0.3) is 5.70 Å². The molecule has 1 aromatic heterocycles. The Labute approximate surface area is 152 Å². The summed E-state index contributed by atoms with van der Waals surface area (Å²) in [5.41, 5.74) is 4.38. The van der Waals surface area contributed by atoms with Gasteiger partial charge in [0.25, 0.3) is 0 Å². The Hall–Kier alpha value is -3.28. The molecule has 0 amide bonds. The van der Waals surface area contributed by atoms with Gasteiger partial charge in [0.15, 0.2) is 11.5 Å². The molecule has 0 saturated carbocycles. The van der Waals surface area contributed by atoms with Crippen LogP contribution in [0.2, 0.25) is 0 Å². The number of methoxy groups -OCH3 is 2. The van der Waals surface area contributed by atoms with Crippen LogP contribution in [0.15, 0.2) is 54.9 Å². The molecule has 0 spiro atoms. The minimum Gasteiger partial charge on any atom is -0.493 e. The third-order valence-corrected chi connectivity index (χ3v) is 4.52. The second-order valence-electron chi connectivity index (χ2n) is 6.16. The number of hydrogen-bond acceptors (Lipinski definition) is 5. The molecular formula is C20H20N4O2. The second kappa shape index (κ2) is 6.55. The maximum Gasteiger partial charge on any atom is 0.226 e. The van der Waals surface area contributed by atoms with E-state index in [1.165, 1.54) is 5.56 Å². The first-order chi connectivity index (χ1) is 12.7. The SMILES string of the molecule is COc1ccc([C@H]2C=C(c3ccc(C)cc3)Nc3ncnn32)cc1OC. The largest absolute Gasteiger partial charge is 0.493 e. The monoisotopic (exact) mass is 348 g/mol. The lowest BCUT2D eigenvalue weighted by atomic mass is 10.0. The molecular weight excluding hydrogens is 328 g/mol. The zero-order chi connectivity index (χ0) is 18.1. The average molecular weight is 348 g/mol. The third kappa shape index (κ3) is 2.79. The lowest BCUT2D eigenvalue weighted by Crippen LogP contribution is -2.20. The Kier molecular flexibility index (Phi) is 4.08. The third-order valence-electron chi connectivity index (χ3n) is 4.52. The molecule has 6 nitrogen and oxygen atoms in total. The lowest BCUT2D eigenvalue weighted by molar-refractivity contribution is 0.354. The maximum atomic E-state index is 5.46. The molecule has 0 radical (unpaired) electrons. The summed E-state index contributed by atoms with van der Waals surface area (Å²) in [4.78, 5) is 4.35. The van der Waals surface area contributed by atoms with Gasteiger partial charge >= 0.3 is 0 Å². The molecule has 0 saturated heterocycles. The molecule has 2 heterocycles. The van der Waals surface area contributed by atoms with Gasteiger partial charge in [0, 0.05) is 5.70 Å². The molecule has 3 aromatic rings. The van der Waals surface area contributed by atoms with E-state index < -0.39 is 0 Å². The van der Waals surface area contributed by atoms with Gasteiger partial charge in [0.2, 0.25) is 5.95 Å². The molecule has 1 aliphatic rings. The van der Waals surface area contributed by atoms with Crippen molar-refractivity contribution in [2.45, 2.75) is 13.0 Å². The van der Waals surface area contributed by atoms with Gasteiger partial charge < -0.3 is 14.8 Å². The molecule has 4 rings (SSSR count). The maximum absolute atomic E-state index is 5.46. The molecule has 0 fully saturated rings. The van der Waals surface area contributed by atoms with E-state index in [2.05, 4.69) is 52.7 Å². The number of aromatic nitrogens is 3. The van der Waals surface area contributed by atoms with Crippen LogP contribution in [0, 0.1) is 6.92 Å². The van der Waals surface area contributed by atoms with Gasteiger partial charge in [0.05, 0.1) is 14.2 Å². The van der Waals surface area contributed by atoms with Crippen LogP contribution in [0.1, 0.15) is 22.7 Å². The summed E-state index contributed by atoms with van der Waals surface area (Å²) < 4.78 is 12.7. The fraction of sp³-hybridized carbons (Fsp3) is 0.200. The summed E-state index contributed by atoms with van der Waals surface area (Å²) in [6.45, 7) is 2.08. The van der Waals surface area contributed by atoms with Crippen LogP contribution in [-0.4, -0.2) is 29.0 Å². The molecule has 1 N–H and O–H groups in total. The predicted molar refractivity (Wildman–Crippen MR) is 100 cm³/mol. The number of rotatable bonds is 4. The van der Waals surface area contributed by atoms with Crippen LogP contribution in [-0.2, 0) is 0 Å². The highest BCUT2D eigenvalue weighted by molar-refractivity contribution is 5.77. The zero-order valence-corrected chi connectivity index (χ0v) is 14.9. The highest BCUT2D eigenvalue weighted by atomic mass is 16.5. The summed E-state index contributed by atoms with van der Waals surface area (Å²) in [5.74, 6) is 2.10. The van der Waals surface area contributed by atoms with Gasteiger partial charge in [0.1, 0.15) is 12.4 Å². The van der Waals surface area contributed by atoms with Gasteiger partial charge in [-0.2, -0.15) is 10.1 Å². The highest BCUT2D eigenvalue weighted by Gasteiger charge is 2.24. The van der Waals surface area contributed by atoms with Gasteiger partial charge in [-0.3, -0.25) is 0 Å². The first-order valence-corrected chi connectivity index (χ1v) is 8.37. The number of ether oxygens (including phenoxy) is 2. The summed E-state index contributed by atoms with van der Waals surface area (Å²) in [5, 5.41) is 7.74. The number of hydrogen-bond donors (Lipinski definition) is 1. The van der Waals surface area contributed by atoms with Crippen molar-refractivity contribution in [2.24, 2.45) is 0 Å². The molecule has 26 heavy (non-hydrogen) atoms. The summed E-state index contributed by atoms with van der Waals surface area (Å²) in [7, 11) is 3.27. The number of aryl methyl sites for hydroxylation is 1. The van der Waals surface area contributed by atoms with E-state index >= 15 is 0 Å². The Bertz CT molecular complexity index is 960. The average Bonchev–Trinajstić information content (AvgIpc) is 3.16. The fourth-order valence-corrected chi connectivity index (χ4v) is 3.11. The van der Waals surface area contributed by atoms with Crippen LogP contribution >= 0.6 is 0 Å². The fourth-order valence-electron chi connectivity index (χ4n) is 3.11. The Morgan fingerprint density at radius 2 is 1.77 bits per heavy atom. The van der Waals surface area contributed by atoms with E-state index in [9.17, 15) is 0 Å². The molecule has 132 valence electrons. The van der Waals surface area contributed by atoms with E-state index in [1.807, 2.05) is 22.9 Å². The minimum absolute atomic E-state index is 0.0927. The van der Waals surface area contributed by atoms with Crippen LogP contribution in [0.3, 0.4) is 0 Å². The Morgan fingerprint density at radius 1 is 1.00 bits per heavy atom. The topological polar surface area (TPSA) is 61.2 Å². The Morgan fingerprint density at radius 3 is 2.50 bits per heavy atom. The standard InChI is InChI=1S/C20H20N4O2/c1-13-4-6-14(7-5-13)16-11-17(24-20(23-16)21-12-22-24)15-8-9-18(25-2)19(10-15)26-3/h4-12,17H,1-3H3,(H,21,22,23)/t17-/m1/s1. The van der Waals surface area contributed by atoms with E-state index in [4.69, 9.17) is 9.47 Å². The molecule has 6 heteroatoms.